The first kappa shape index (κ1) is 22.3. The highest BCUT2D eigenvalue weighted by Gasteiger charge is 2.19. The van der Waals surface area contributed by atoms with Crippen molar-refractivity contribution in [2.24, 2.45) is 0 Å². The van der Waals surface area contributed by atoms with Gasteiger partial charge in [-0.05, 0) is 61.5 Å². The van der Waals surface area contributed by atoms with Crippen LogP contribution in [0.2, 0.25) is 0 Å². The summed E-state index contributed by atoms with van der Waals surface area (Å²) in [5, 5.41) is 2.93. The van der Waals surface area contributed by atoms with Gasteiger partial charge in [0.05, 0.1) is 4.90 Å². The molecule has 0 spiro atoms. The van der Waals surface area contributed by atoms with Gasteiger partial charge in [-0.25, -0.2) is 12.7 Å². The number of anilines is 2. The number of nitrogens with one attached hydrogen (secondary N) is 1. The number of hydrogen-bond donors (Lipinski definition) is 1. The van der Waals surface area contributed by atoms with E-state index in [1.807, 2.05) is 19.1 Å². The highest BCUT2D eigenvalue weighted by Crippen LogP contribution is 2.24. The van der Waals surface area contributed by atoms with E-state index < -0.39 is 10.0 Å². The molecule has 1 heterocycles. The van der Waals surface area contributed by atoms with E-state index in [1.54, 1.807) is 0 Å². The second-order valence-electron chi connectivity index (χ2n) is 7.69. The molecule has 0 saturated carbocycles. The molecule has 1 fully saturated rings. The van der Waals surface area contributed by atoms with Crippen molar-refractivity contribution in [2.75, 3.05) is 57.0 Å². The van der Waals surface area contributed by atoms with Crippen LogP contribution in [-0.4, -0.2) is 70.3 Å². The number of piperazine rings is 1. The lowest BCUT2D eigenvalue weighted by Crippen LogP contribution is -2.46. The molecule has 2 aromatic rings. The van der Waals surface area contributed by atoms with E-state index in [9.17, 15) is 13.2 Å². The zero-order valence-corrected chi connectivity index (χ0v) is 18.9. The van der Waals surface area contributed by atoms with Crippen molar-refractivity contribution in [2.45, 2.75) is 18.7 Å². The quantitative estimate of drug-likeness (QED) is 0.763. The van der Waals surface area contributed by atoms with Gasteiger partial charge in [0.25, 0.3) is 5.91 Å². The molecular formula is C22H30N4O3S. The molecule has 0 atom stereocenters. The largest absolute Gasteiger partial charge is 0.369 e. The molecule has 3 rings (SSSR count). The van der Waals surface area contributed by atoms with Gasteiger partial charge < -0.3 is 15.1 Å². The number of nitrogens with zero attached hydrogens (tertiary/aromatic N) is 3. The summed E-state index contributed by atoms with van der Waals surface area (Å²) in [5.41, 5.74) is 3.32. The summed E-state index contributed by atoms with van der Waals surface area (Å²) >= 11 is 0. The third-order valence-electron chi connectivity index (χ3n) is 5.54. The number of aryl methyl sites for hydroxylation is 1. The lowest BCUT2D eigenvalue weighted by molar-refractivity contribution is 0.102. The summed E-state index contributed by atoms with van der Waals surface area (Å²) < 4.78 is 25.5. The third-order valence-corrected chi connectivity index (χ3v) is 7.37. The van der Waals surface area contributed by atoms with E-state index in [1.165, 1.54) is 44.0 Å². The number of likely N-dealkylation sites (N-methyl/N-ethyl adjacent to an activating group) is 1. The lowest BCUT2D eigenvalue weighted by atomic mass is 10.1. The number of carbonyl (C=O) groups excluding carboxylic acids is 1. The standard InChI is InChI=1S/C22H30N4O3S/c1-5-25-12-14-26(15-13-25)19-8-11-21(17(2)16-19)23-22(27)18-6-9-20(10-7-18)30(28,29)24(3)4/h6-11,16H,5,12-15H2,1-4H3,(H,23,27). The van der Waals surface area contributed by atoms with E-state index in [0.29, 0.717) is 5.56 Å². The Morgan fingerprint density at radius 1 is 1.03 bits per heavy atom. The predicted molar refractivity (Wildman–Crippen MR) is 121 cm³/mol. The molecule has 1 aliphatic heterocycles. The molecule has 162 valence electrons. The zero-order valence-electron chi connectivity index (χ0n) is 18.1. The number of hydrogen-bond acceptors (Lipinski definition) is 5. The van der Waals surface area contributed by atoms with Crippen molar-refractivity contribution in [1.82, 2.24) is 9.21 Å². The fourth-order valence-corrected chi connectivity index (χ4v) is 4.39. The molecule has 0 bridgehead atoms. The molecule has 7 nitrogen and oxygen atoms in total. The average molecular weight is 431 g/mol. The summed E-state index contributed by atoms with van der Waals surface area (Å²) in [7, 11) is -0.555. The summed E-state index contributed by atoms with van der Waals surface area (Å²) in [6.45, 7) is 9.38. The van der Waals surface area contributed by atoms with Crippen LogP contribution in [0.3, 0.4) is 0 Å². The van der Waals surface area contributed by atoms with Gasteiger partial charge in [-0.15, -0.1) is 0 Å². The van der Waals surface area contributed by atoms with Crippen molar-refractivity contribution in [3.8, 4) is 0 Å². The molecule has 2 aromatic carbocycles. The van der Waals surface area contributed by atoms with Gasteiger partial charge in [-0.2, -0.15) is 0 Å². The topological polar surface area (TPSA) is 73.0 Å². The molecule has 1 aliphatic rings. The highest BCUT2D eigenvalue weighted by atomic mass is 32.2. The Morgan fingerprint density at radius 3 is 2.20 bits per heavy atom. The minimum Gasteiger partial charge on any atom is -0.369 e. The summed E-state index contributed by atoms with van der Waals surface area (Å²) in [5.74, 6) is -0.267. The Labute approximate surface area is 179 Å². The molecule has 0 radical (unpaired) electrons. The van der Waals surface area contributed by atoms with Crippen LogP contribution in [0.5, 0.6) is 0 Å². The van der Waals surface area contributed by atoms with Gasteiger partial charge >= 0.3 is 0 Å². The van der Waals surface area contributed by atoms with Crippen LogP contribution >= 0.6 is 0 Å². The third kappa shape index (κ3) is 4.83. The Morgan fingerprint density at radius 2 is 1.67 bits per heavy atom. The van der Waals surface area contributed by atoms with Crippen molar-refractivity contribution < 1.29 is 13.2 Å². The minimum absolute atomic E-state index is 0.160. The fourth-order valence-electron chi connectivity index (χ4n) is 3.49. The Kier molecular flexibility index (Phi) is 6.80. The second-order valence-corrected chi connectivity index (χ2v) is 9.84. The maximum Gasteiger partial charge on any atom is 0.255 e. The van der Waals surface area contributed by atoms with Crippen molar-refractivity contribution in [1.29, 1.82) is 0 Å². The van der Waals surface area contributed by atoms with Crippen LogP contribution in [0.15, 0.2) is 47.4 Å². The normalized spacial score (nSPS) is 15.4. The van der Waals surface area contributed by atoms with Crippen LogP contribution in [0.4, 0.5) is 11.4 Å². The SMILES string of the molecule is CCN1CCN(c2ccc(NC(=O)c3ccc(S(=O)(=O)N(C)C)cc3)c(C)c2)CC1. The molecule has 1 amide bonds. The molecule has 0 aliphatic carbocycles. The molecule has 0 aromatic heterocycles. The van der Waals surface area contributed by atoms with E-state index in [-0.39, 0.29) is 10.8 Å². The van der Waals surface area contributed by atoms with E-state index in [4.69, 9.17) is 0 Å². The number of carbonyl (C=O) groups is 1. The first-order valence-corrected chi connectivity index (χ1v) is 11.6. The molecule has 1 N–H and O–H groups in total. The summed E-state index contributed by atoms with van der Waals surface area (Å²) in [6.07, 6.45) is 0. The minimum atomic E-state index is -3.51. The number of amides is 1. The Bertz CT molecular complexity index is 996. The number of benzene rings is 2. The predicted octanol–water partition coefficient (Wildman–Crippen LogP) is 2.64. The molecular weight excluding hydrogens is 400 g/mol. The summed E-state index contributed by atoms with van der Waals surface area (Å²) in [6, 6.07) is 12.0. The fraction of sp³-hybridized carbons (Fsp3) is 0.409. The molecule has 30 heavy (non-hydrogen) atoms. The van der Waals surface area contributed by atoms with Gasteiger partial charge in [0.2, 0.25) is 10.0 Å². The van der Waals surface area contributed by atoms with E-state index in [2.05, 4.69) is 28.1 Å². The van der Waals surface area contributed by atoms with Crippen LogP contribution in [0, 0.1) is 6.92 Å². The average Bonchev–Trinajstić information content (AvgIpc) is 2.75. The van der Waals surface area contributed by atoms with Gasteiger partial charge in [0.1, 0.15) is 0 Å². The van der Waals surface area contributed by atoms with E-state index in [0.717, 1.165) is 48.3 Å². The van der Waals surface area contributed by atoms with Gasteiger partial charge in [0, 0.05) is 57.2 Å². The molecule has 8 heteroatoms. The first-order valence-electron chi connectivity index (χ1n) is 10.1. The van der Waals surface area contributed by atoms with Crippen molar-refractivity contribution in [3.05, 3.63) is 53.6 Å². The second kappa shape index (κ2) is 9.16. The number of rotatable bonds is 6. The van der Waals surface area contributed by atoms with Gasteiger partial charge in [0.15, 0.2) is 0 Å². The Balaban J connectivity index is 1.68. The molecule has 0 unspecified atom stereocenters. The lowest BCUT2D eigenvalue weighted by Gasteiger charge is -2.35. The summed E-state index contributed by atoms with van der Waals surface area (Å²) in [4.78, 5) is 17.6. The van der Waals surface area contributed by atoms with E-state index >= 15 is 0 Å². The maximum absolute atomic E-state index is 12.6. The van der Waals surface area contributed by atoms with Crippen molar-refractivity contribution in [3.63, 3.8) is 0 Å². The van der Waals surface area contributed by atoms with Gasteiger partial charge in [-0.3, -0.25) is 4.79 Å². The van der Waals surface area contributed by atoms with Crippen LogP contribution in [-0.2, 0) is 10.0 Å². The van der Waals surface area contributed by atoms with Crippen LogP contribution in [0.1, 0.15) is 22.8 Å². The smallest absolute Gasteiger partial charge is 0.255 e. The maximum atomic E-state index is 12.6. The number of sulfonamides is 1. The van der Waals surface area contributed by atoms with Crippen LogP contribution < -0.4 is 10.2 Å². The zero-order chi connectivity index (χ0) is 21.9. The Hall–Kier alpha value is -2.42. The molecule has 1 saturated heterocycles. The van der Waals surface area contributed by atoms with Crippen molar-refractivity contribution >= 4 is 27.3 Å². The first-order chi connectivity index (χ1) is 14.2. The highest BCUT2D eigenvalue weighted by molar-refractivity contribution is 7.89. The van der Waals surface area contributed by atoms with Crippen LogP contribution in [0.25, 0.3) is 0 Å². The monoisotopic (exact) mass is 430 g/mol. The van der Waals surface area contributed by atoms with Gasteiger partial charge in [-0.1, -0.05) is 6.92 Å².